The van der Waals surface area contributed by atoms with Crippen LogP contribution in [-0.4, -0.2) is 42.4 Å². The van der Waals surface area contributed by atoms with Gasteiger partial charge < -0.3 is 14.5 Å². The van der Waals surface area contributed by atoms with Gasteiger partial charge in [0.25, 0.3) is 5.91 Å². The maximum atomic E-state index is 13.6. The molecule has 0 unspecified atom stereocenters. The van der Waals surface area contributed by atoms with Crippen LogP contribution in [0.15, 0.2) is 78.9 Å². The van der Waals surface area contributed by atoms with Crippen molar-refractivity contribution >= 4 is 23.5 Å². The Bertz CT molecular complexity index is 1310. The standard InChI is InChI=1S/C31H31N3O4/c1-2-38-31(37)27-15-17-33(18-16-27)29(35)20-25-9-6-10-28(19-25)34(22-24-7-4-3-5-8-24)30(36)26-13-11-23(21-32)12-14-26/h3-14,19,27H,2,15-18,20,22H2,1H3. The third-order valence-corrected chi connectivity index (χ3v) is 6.73. The van der Waals surface area contributed by atoms with Crippen LogP contribution in [0, 0.1) is 17.2 Å². The van der Waals surface area contributed by atoms with Gasteiger partial charge in [-0.15, -0.1) is 0 Å². The van der Waals surface area contributed by atoms with Crippen LogP contribution in [0.25, 0.3) is 0 Å². The molecule has 7 nitrogen and oxygen atoms in total. The van der Waals surface area contributed by atoms with Gasteiger partial charge in [0.15, 0.2) is 0 Å². The number of hydrogen-bond donors (Lipinski definition) is 0. The van der Waals surface area contributed by atoms with E-state index in [1.165, 1.54) is 0 Å². The summed E-state index contributed by atoms with van der Waals surface area (Å²) in [7, 11) is 0. The molecule has 194 valence electrons. The molecule has 0 spiro atoms. The topological polar surface area (TPSA) is 90.7 Å². The van der Waals surface area contributed by atoms with Crippen molar-refractivity contribution in [2.45, 2.75) is 32.7 Å². The van der Waals surface area contributed by atoms with Crippen LogP contribution in [0.4, 0.5) is 5.69 Å². The molecule has 1 fully saturated rings. The van der Waals surface area contributed by atoms with E-state index in [0.29, 0.717) is 55.9 Å². The third-order valence-electron chi connectivity index (χ3n) is 6.73. The number of nitriles is 1. The maximum absolute atomic E-state index is 13.6. The first-order valence-corrected chi connectivity index (χ1v) is 12.9. The number of anilines is 1. The van der Waals surface area contributed by atoms with Gasteiger partial charge in [0, 0.05) is 24.3 Å². The van der Waals surface area contributed by atoms with E-state index in [9.17, 15) is 14.4 Å². The number of nitrogens with zero attached hydrogens (tertiary/aromatic N) is 3. The molecule has 0 bridgehead atoms. The molecule has 0 aliphatic carbocycles. The first-order valence-electron chi connectivity index (χ1n) is 12.9. The zero-order valence-corrected chi connectivity index (χ0v) is 21.5. The molecule has 1 saturated heterocycles. The maximum Gasteiger partial charge on any atom is 0.309 e. The van der Waals surface area contributed by atoms with Crippen molar-refractivity contribution in [1.82, 2.24) is 4.90 Å². The highest BCUT2D eigenvalue weighted by Gasteiger charge is 2.28. The highest BCUT2D eigenvalue weighted by Crippen LogP contribution is 2.24. The minimum absolute atomic E-state index is 0.00233. The largest absolute Gasteiger partial charge is 0.466 e. The van der Waals surface area contributed by atoms with Crippen LogP contribution in [0.3, 0.4) is 0 Å². The zero-order valence-electron chi connectivity index (χ0n) is 21.5. The van der Waals surface area contributed by atoms with E-state index in [1.54, 1.807) is 41.0 Å². The highest BCUT2D eigenvalue weighted by molar-refractivity contribution is 6.06. The van der Waals surface area contributed by atoms with E-state index >= 15 is 0 Å². The van der Waals surface area contributed by atoms with Crippen LogP contribution < -0.4 is 4.90 Å². The number of esters is 1. The van der Waals surface area contributed by atoms with Crippen LogP contribution in [0.5, 0.6) is 0 Å². The van der Waals surface area contributed by atoms with Crippen molar-refractivity contribution < 1.29 is 19.1 Å². The predicted molar refractivity (Wildman–Crippen MR) is 144 cm³/mol. The van der Waals surface area contributed by atoms with E-state index in [2.05, 4.69) is 6.07 Å². The van der Waals surface area contributed by atoms with Crippen LogP contribution in [0.2, 0.25) is 0 Å². The predicted octanol–water partition coefficient (Wildman–Crippen LogP) is 4.75. The van der Waals surface area contributed by atoms with Crippen molar-refractivity contribution in [3.8, 4) is 6.07 Å². The number of carbonyl (C=O) groups is 3. The van der Waals surface area contributed by atoms with Crippen molar-refractivity contribution in [3.63, 3.8) is 0 Å². The molecule has 1 aliphatic heterocycles. The normalized spacial score (nSPS) is 13.4. The Morgan fingerprint density at radius 1 is 0.947 bits per heavy atom. The van der Waals surface area contributed by atoms with Crippen molar-refractivity contribution in [2.75, 3.05) is 24.6 Å². The van der Waals surface area contributed by atoms with Gasteiger partial charge in [-0.25, -0.2) is 0 Å². The van der Waals surface area contributed by atoms with Gasteiger partial charge in [0.1, 0.15) is 0 Å². The van der Waals surface area contributed by atoms with Gasteiger partial charge >= 0.3 is 5.97 Å². The fourth-order valence-corrected chi connectivity index (χ4v) is 4.63. The summed E-state index contributed by atoms with van der Waals surface area (Å²) in [6.45, 7) is 3.57. The van der Waals surface area contributed by atoms with Crippen molar-refractivity contribution in [3.05, 3.63) is 101 Å². The first-order chi connectivity index (χ1) is 18.5. The Morgan fingerprint density at radius 2 is 1.63 bits per heavy atom. The lowest BCUT2D eigenvalue weighted by Gasteiger charge is -2.31. The van der Waals surface area contributed by atoms with E-state index in [4.69, 9.17) is 10.00 Å². The van der Waals surface area contributed by atoms with Gasteiger partial charge in [-0.1, -0.05) is 42.5 Å². The number of benzene rings is 3. The Labute approximate surface area is 223 Å². The molecule has 3 aromatic carbocycles. The highest BCUT2D eigenvalue weighted by atomic mass is 16.5. The Balaban J connectivity index is 1.50. The van der Waals surface area contributed by atoms with Gasteiger partial charge in [-0.05, 0) is 67.3 Å². The van der Waals surface area contributed by atoms with Gasteiger partial charge in [-0.2, -0.15) is 5.26 Å². The molecule has 38 heavy (non-hydrogen) atoms. The van der Waals surface area contributed by atoms with E-state index in [1.807, 2.05) is 54.6 Å². The number of likely N-dealkylation sites (tertiary alicyclic amines) is 1. The second-order valence-electron chi connectivity index (χ2n) is 9.32. The number of carbonyl (C=O) groups excluding carboxylic acids is 3. The number of ether oxygens (including phenoxy) is 1. The SMILES string of the molecule is CCOC(=O)C1CCN(C(=O)Cc2cccc(N(Cc3ccccc3)C(=O)c3ccc(C#N)cc3)c2)CC1. The van der Waals surface area contributed by atoms with E-state index in [0.717, 1.165) is 11.1 Å². The molecule has 1 heterocycles. The summed E-state index contributed by atoms with van der Waals surface area (Å²) >= 11 is 0. The quantitative estimate of drug-likeness (QED) is 0.409. The molecule has 3 aromatic rings. The number of amides is 2. The second kappa shape index (κ2) is 12.7. The van der Waals surface area contributed by atoms with Crippen LogP contribution in [0.1, 0.15) is 46.8 Å². The summed E-state index contributed by atoms with van der Waals surface area (Å²) in [5, 5.41) is 9.11. The molecule has 4 rings (SSSR count). The number of piperidine rings is 1. The first kappa shape index (κ1) is 26.6. The summed E-state index contributed by atoms with van der Waals surface area (Å²) in [5.74, 6) is -0.528. The fraction of sp³-hybridized carbons (Fsp3) is 0.290. The summed E-state index contributed by atoms with van der Waals surface area (Å²) < 4.78 is 5.12. The zero-order chi connectivity index (χ0) is 26.9. The molecule has 0 atom stereocenters. The molecular formula is C31H31N3O4. The van der Waals surface area contributed by atoms with Crippen LogP contribution in [-0.2, 0) is 27.3 Å². The molecule has 0 saturated carbocycles. The smallest absolute Gasteiger partial charge is 0.309 e. The van der Waals surface area contributed by atoms with Crippen LogP contribution >= 0.6 is 0 Å². The molecule has 2 amide bonds. The molecule has 0 radical (unpaired) electrons. The lowest BCUT2D eigenvalue weighted by atomic mass is 9.96. The monoisotopic (exact) mass is 509 g/mol. The van der Waals surface area contributed by atoms with E-state index in [-0.39, 0.29) is 30.1 Å². The summed E-state index contributed by atoms with van der Waals surface area (Å²) in [4.78, 5) is 42.2. The molecular weight excluding hydrogens is 478 g/mol. The molecule has 7 heteroatoms. The Hall–Kier alpha value is -4.44. The average Bonchev–Trinajstić information content (AvgIpc) is 2.96. The number of rotatable bonds is 8. The fourth-order valence-electron chi connectivity index (χ4n) is 4.63. The van der Waals surface area contributed by atoms with Gasteiger partial charge in [0.2, 0.25) is 5.91 Å². The second-order valence-corrected chi connectivity index (χ2v) is 9.32. The van der Waals surface area contributed by atoms with Crippen molar-refractivity contribution in [1.29, 1.82) is 5.26 Å². The van der Waals surface area contributed by atoms with Gasteiger partial charge in [0.05, 0.1) is 37.1 Å². The van der Waals surface area contributed by atoms with Gasteiger partial charge in [-0.3, -0.25) is 14.4 Å². The Morgan fingerprint density at radius 3 is 2.29 bits per heavy atom. The van der Waals surface area contributed by atoms with E-state index < -0.39 is 0 Å². The molecule has 0 aromatic heterocycles. The summed E-state index contributed by atoms with van der Waals surface area (Å²) in [6, 6.07) is 25.9. The lowest BCUT2D eigenvalue weighted by Crippen LogP contribution is -2.41. The minimum atomic E-state index is -0.192. The average molecular weight is 510 g/mol. The Kier molecular flexibility index (Phi) is 8.89. The third kappa shape index (κ3) is 6.65. The summed E-state index contributed by atoms with van der Waals surface area (Å²) in [6.07, 6.45) is 1.42. The lowest BCUT2D eigenvalue weighted by molar-refractivity contribution is -0.151. The summed E-state index contributed by atoms with van der Waals surface area (Å²) in [5.41, 5.74) is 3.44. The minimum Gasteiger partial charge on any atom is -0.466 e. The number of hydrogen-bond acceptors (Lipinski definition) is 5. The molecule has 0 N–H and O–H groups in total. The van der Waals surface area contributed by atoms with Crippen molar-refractivity contribution in [2.24, 2.45) is 5.92 Å². The molecule has 1 aliphatic rings.